The highest BCUT2D eigenvalue weighted by Gasteiger charge is 2.36. The first-order chi connectivity index (χ1) is 15.3. The van der Waals surface area contributed by atoms with E-state index < -0.39 is 10.0 Å². The molecule has 1 unspecified atom stereocenters. The summed E-state index contributed by atoms with van der Waals surface area (Å²) in [4.78, 5) is 4.87. The predicted molar refractivity (Wildman–Crippen MR) is 134 cm³/mol. The molecule has 1 aromatic carbocycles. The van der Waals surface area contributed by atoms with Gasteiger partial charge in [-0.05, 0) is 72.9 Å². The van der Waals surface area contributed by atoms with Crippen LogP contribution in [-0.4, -0.2) is 51.5 Å². The van der Waals surface area contributed by atoms with Gasteiger partial charge in [-0.2, -0.15) is 0 Å². The van der Waals surface area contributed by atoms with E-state index in [-0.39, 0.29) is 11.8 Å². The molecule has 1 fully saturated rings. The average molecular weight is 477 g/mol. The van der Waals surface area contributed by atoms with E-state index in [1.807, 2.05) is 31.3 Å². The van der Waals surface area contributed by atoms with Gasteiger partial charge in [0.15, 0.2) is 0 Å². The molecule has 0 radical (unpaired) electrons. The van der Waals surface area contributed by atoms with Gasteiger partial charge >= 0.3 is 0 Å². The molecule has 0 spiro atoms. The lowest BCUT2D eigenvalue weighted by Crippen LogP contribution is -2.40. The number of piperidine rings is 1. The Morgan fingerprint density at radius 2 is 2.03 bits per heavy atom. The molecule has 5 nitrogen and oxygen atoms in total. The molecule has 0 bridgehead atoms. The summed E-state index contributed by atoms with van der Waals surface area (Å²) in [6, 6.07) is 6.04. The first kappa shape index (κ1) is 24.9. The summed E-state index contributed by atoms with van der Waals surface area (Å²) < 4.78 is 30.9. The van der Waals surface area contributed by atoms with Crippen LogP contribution in [0.25, 0.3) is 6.08 Å². The zero-order valence-electron chi connectivity index (χ0n) is 19.2. The van der Waals surface area contributed by atoms with Crippen molar-refractivity contribution >= 4 is 33.4 Å². The van der Waals surface area contributed by atoms with Gasteiger partial charge in [0.1, 0.15) is 0 Å². The first-order valence-corrected chi connectivity index (χ1v) is 13.3. The molecular weight excluding hydrogens is 444 g/mol. The first-order valence-electron chi connectivity index (χ1n) is 11.1. The van der Waals surface area contributed by atoms with E-state index in [1.165, 1.54) is 11.8 Å². The number of benzene rings is 1. The van der Waals surface area contributed by atoms with Crippen molar-refractivity contribution in [2.24, 2.45) is 10.9 Å². The van der Waals surface area contributed by atoms with Gasteiger partial charge in [0.25, 0.3) is 0 Å². The second-order valence-corrected chi connectivity index (χ2v) is 10.9. The molecule has 1 aromatic rings. The van der Waals surface area contributed by atoms with Gasteiger partial charge in [0.05, 0.1) is 12.0 Å². The van der Waals surface area contributed by atoms with Crippen molar-refractivity contribution in [2.45, 2.75) is 38.5 Å². The smallest absolute Gasteiger partial charge is 0.211 e. The van der Waals surface area contributed by atoms with Crippen LogP contribution < -0.4 is 0 Å². The molecule has 0 amide bonds. The van der Waals surface area contributed by atoms with E-state index >= 15 is 0 Å². The normalized spacial score (nSPS) is 22.2. The Labute approximate surface area is 197 Å². The van der Waals surface area contributed by atoms with Crippen LogP contribution in [0, 0.1) is 5.92 Å². The second-order valence-electron chi connectivity index (χ2n) is 8.49. The number of hydrogen-bond donors (Lipinski definition) is 0. The molecule has 7 heteroatoms. The topological polar surface area (TPSA) is 59.0 Å². The Hall–Kier alpha value is -1.73. The maximum atomic E-state index is 12.0. The Kier molecular flexibility index (Phi) is 8.50. The Morgan fingerprint density at radius 3 is 2.66 bits per heavy atom. The number of methoxy groups -OCH3 is 1. The minimum absolute atomic E-state index is 0.0313. The molecule has 1 aliphatic carbocycles. The van der Waals surface area contributed by atoms with Crippen LogP contribution in [0.15, 0.2) is 53.2 Å². The number of nitrogens with zero attached hydrogens (tertiary/aromatic N) is 2. The van der Waals surface area contributed by atoms with E-state index in [1.54, 1.807) is 11.4 Å². The number of fused-ring (bicyclic) bond motifs is 1. The Bertz CT molecular complexity index is 1040. The van der Waals surface area contributed by atoms with E-state index in [2.05, 4.69) is 18.7 Å². The SMILES string of the molecule is C=C1C(CCCOC)=Cc2cc(Cl)ccc2C(C2CCN(S(C)(=O)=O)CC2)C1=N/C=C\C. The van der Waals surface area contributed by atoms with Crippen LogP contribution in [0.1, 0.15) is 49.7 Å². The molecule has 1 aliphatic heterocycles. The number of hydrogen-bond acceptors (Lipinski definition) is 4. The lowest BCUT2D eigenvalue weighted by Gasteiger charge is -2.36. The third kappa shape index (κ3) is 5.79. The molecule has 174 valence electrons. The van der Waals surface area contributed by atoms with Gasteiger partial charge in [-0.15, -0.1) is 0 Å². The van der Waals surface area contributed by atoms with Crippen LogP contribution >= 0.6 is 11.6 Å². The van der Waals surface area contributed by atoms with E-state index in [9.17, 15) is 8.42 Å². The van der Waals surface area contributed by atoms with Gasteiger partial charge < -0.3 is 4.74 Å². The molecule has 2 aliphatic rings. The van der Waals surface area contributed by atoms with Crippen molar-refractivity contribution in [3.8, 4) is 0 Å². The van der Waals surface area contributed by atoms with Crippen LogP contribution in [0.4, 0.5) is 0 Å². The van der Waals surface area contributed by atoms with Crippen LogP contribution in [0.3, 0.4) is 0 Å². The maximum Gasteiger partial charge on any atom is 0.211 e. The molecule has 32 heavy (non-hydrogen) atoms. The van der Waals surface area contributed by atoms with Gasteiger partial charge in [-0.1, -0.05) is 36.4 Å². The molecule has 0 N–H and O–H groups in total. The average Bonchev–Trinajstić information content (AvgIpc) is 2.86. The summed E-state index contributed by atoms with van der Waals surface area (Å²) >= 11 is 6.38. The van der Waals surface area contributed by atoms with Gasteiger partial charge in [-0.25, -0.2) is 12.7 Å². The third-order valence-corrected chi connectivity index (χ3v) is 7.84. The van der Waals surface area contributed by atoms with Gasteiger partial charge in [0, 0.05) is 43.9 Å². The number of ether oxygens (including phenoxy) is 1. The molecule has 3 rings (SSSR count). The quantitative estimate of drug-likeness (QED) is 0.491. The summed E-state index contributed by atoms with van der Waals surface area (Å²) in [5, 5.41) is 0.696. The summed E-state index contributed by atoms with van der Waals surface area (Å²) in [6.07, 6.45) is 10.5. The number of aliphatic imine (C=N–C) groups is 1. The third-order valence-electron chi connectivity index (χ3n) is 6.30. The largest absolute Gasteiger partial charge is 0.385 e. The number of allylic oxidation sites excluding steroid dienone is 3. The predicted octanol–water partition coefficient (Wildman–Crippen LogP) is 5.45. The highest BCUT2D eigenvalue weighted by Crippen LogP contribution is 2.43. The lowest BCUT2D eigenvalue weighted by atomic mass is 9.75. The molecule has 1 saturated heterocycles. The molecule has 1 atom stereocenters. The molecular formula is C25H33ClN2O3S. The minimum Gasteiger partial charge on any atom is -0.385 e. The fourth-order valence-electron chi connectivity index (χ4n) is 4.69. The molecule has 0 saturated carbocycles. The summed E-state index contributed by atoms with van der Waals surface area (Å²) in [7, 11) is -1.47. The van der Waals surface area contributed by atoms with E-state index in [4.69, 9.17) is 21.3 Å². The summed E-state index contributed by atoms with van der Waals surface area (Å²) in [5.74, 6) is 0.296. The van der Waals surface area contributed by atoms with Crippen molar-refractivity contribution in [1.82, 2.24) is 4.31 Å². The summed E-state index contributed by atoms with van der Waals surface area (Å²) in [5.41, 5.74) is 5.32. The molecule has 1 heterocycles. The van der Waals surface area contributed by atoms with E-state index in [0.717, 1.165) is 48.1 Å². The van der Waals surface area contributed by atoms with Gasteiger partial charge in [0.2, 0.25) is 10.0 Å². The maximum absolute atomic E-state index is 12.0. The summed E-state index contributed by atoms with van der Waals surface area (Å²) in [6.45, 7) is 8.15. The lowest BCUT2D eigenvalue weighted by molar-refractivity contribution is 0.195. The Balaban J connectivity index is 2.05. The number of sulfonamides is 1. The zero-order valence-corrected chi connectivity index (χ0v) is 20.8. The van der Waals surface area contributed by atoms with Crippen LogP contribution in [-0.2, 0) is 14.8 Å². The molecule has 0 aromatic heterocycles. The highest BCUT2D eigenvalue weighted by molar-refractivity contribution is 7.88. The van der Waals surface area contributed by atoms with Crippen molar-refractivity contribution in [3.05, 3.63) is 64.3 Å². The second kappa shape index (κ2) is 10.9. The zero-order chi connectivity index (χ0) is 23.3. The standard InChI is InChI=1S/C25H33ClN2O3S/c1-5-12-27-25-18(2)20(7-6-15-31-3)16-21-17-22(26)8-9-23(21)24(25)19-10-13-28(14-11-19)32(4,29)30/h5,8-9,12,16-17,19,24H,2,6-7,10-11,13-15H2,1,3-4H3/b12-5-,27-25?. The fraction of sp³-hybridized carbons (Fsp3) is 0.480. The minimum atomic E-state index is -3.18. The van der Waals surface area contributed by atoms with Crippen molar-refractivity contribution in [2.75, 3.05) is 33.1 Å². The monoisotopic (exact) mass is 476 g/mol. The van der Waals surface area contributed by atoms with Gasteiger partial charge in [-0.3, -0.25) is 4.99 Å². The number of rotatable bonds is 7. The van der Waals surface area contributed by atoms with E-state index in [0.29, 0.717) is 24.7 Å². The van der Waals surface area contributed by atoms with Crippen LogP contribution in [0.2, 0.25) is 5.02 Å². The van der Waals surface area contributed by atoms with Crippen LogP contribution in [0.5, 0.6) is 0 Å². The fourth-order valence-corrected chi connectivity index (χ4v) is 5.74. The van der Waals surface area contributed by atoms with Crippen molar-refractivity contribution < 1.29 is 13.2 Å². The van der Waals surface area contributed by atoms with Crippen molar-refractivity contribution in [3.63, 3.8) is 0 Å². The highest BCUT2D eigenvalue weighted by atomic mass is 35.5. The van der Waals surface area contributed by atoms with Crippen molar-refractivity contribution in [1.29, 1.82) is 0 Å². The Morgan fingerprint density at radius 1 is 1.31 bits per heavy atom. The number of halogens is 1.